The minimum absolute atomic E-state index is 0.269. The highest BCUT2D eigenvalue weighted by Gasteiger charge is 2.10. The first kappa shape index (κ1) is 11.7. The van der Waals surface area contributed by atoms with E-state index in [1.165, 1.54) is 0 Å². The summed E-state index contributed by atoms with van der Waals surface area (Å²) < 4.78 is 1.74. The summed E-state index contributed by atoms with van der Waals surface area (Å²) in [5, 5.41) is 9.77. The summed E-state index contributed by atoms with van der Waals surface area (Å²) in [6.07, 6.45) is 0. The first-order valence-corrected chi connectivity index (χ1v) is 6.42. The number of hydrogen-bond donors (Lipinski definition) is 1. The summed E-state index contributed by atoms with van der Waals surface area (Å²) in [4.78, 5) is 0. The number of benzene rings is 2. The van der Waals surface area contributed by atoms with E-state index in [4.69, 9.17) is 0 Å². The van der Waals surface area contributed by atoms with E-state index in [1.54, 1.807) is 6.07 Å². The molecular weight excluding hydrogens is 332 g/mol. The lowest BCUT2D eigenvalue weighted by Crippen LogP contribution is -1.84. The quantitative estimate of drug-likeness (QED) is 0.782. The summed E-state index contributed by atoms with van der Waals surface area (Å²) in [5.74, 6) is 0.269. The maximum Gasteiger partial charge on any atom is 0.130 e. The fourth-order valence-electron chi connectivity index (χ4n) is 1.63. The van der Waals surface area contributed by atoms with Crippen molar-refractivity contribution >= 4 is 31.9 Å². The van der Waals surface area contributed by atoms with Gasteiger partial charge in [-0.3, -0.25) is 0 Å². The Labute approximate surface area is 111 Å². The third kappa shape index (κ3) is 2.15. The first-order chi connectivity index (χ1) is 7.59. The average Bonchev–Trinajstić information content (AvgIpc) is 2.24. The first-order valence-electron chi connectivity index (χ1n) is 4.83. The number of phenolic OH excluding ortho intramolecular Hbond substituents is 1. The van der Waals surface area contributed by atoms with Gasteiger partial charge in [-0.15, -0.1) is 0 Å². The lowest BCUT2D eigenvalue weighted by molar-refractivity contribution is 0.472. The molecule has 0 saturated heterocycles. The van der Waals surface area contributed by atoms with E-state index >= 15 is 0 Å². The van der Waals surface area contributed by atoms with Gasteiger partial charge < -0.3 is 5.11 Å². The monoisotopic (exact) mass is 340 g/mol. The zero-order valence-corrected chi connectivity index (χ0v) is 11.8. The van der Waals surface area contributed by atoms with Gasteiger partial charge in [0, 0.05) is 10.0 Å². The summed E-state index contributed by atoms with van der Waals surface area (Å²) in [5.41, 5.74) is 3.09. The molecule has 1 N–H and O–H groups in total. The van der Waals surface area contributed by atoms with Gasteiger partial charge in [-0.2, -0.15) is 0 Å². The fourth-order valence-corrected chi connectivity index (χ4v) is 2.57. The van der Waals surface area contributed by atoms with Crippen LogP contribution in [0.25, 0.3) is 11.1 Å². The zero-order valence-electron chi connectivity index (χ0n) is 8.67. The molecule has 3 heteroatoms. The standard InChI is InChI=1S/C13H10Br2O/c1-8-6-10(13(15)12(16)7-8)9-4-2-3-5-11(9)14/h2-7,16H,1H3. The highest BCUT2D eigenvalue weighted by Crippen LogP contribution is 2.38. The van der Waals surface area contributed by atoms with Crippen molar-refractivity contribution in [2.45, 2.75) is 6.92 Å². The molecule has 2 aromatic carbocycles. The van der Waals surface area contributed by atoms with Crippen molar-refractivity contribution in [3.8, 4) is 16.9 Å². The molecule has 0 saturated carbocycles. The zero-order chi connectivity index (χ0) is 11.7. The predicted molar refractivity (Wildman–Crippen MR) is 73.7 cm³/mol. The van der Waals surface area contributed by atoms with Gasteiger partial charge in [0.15, 0.2) is 0 Å². The molecule has 82 valence electrons. The molecule has 16 heavy (non-hydrogen) atoms. The predicted octanol–water partition coefficient (Wildman–Crippen LogP) is 4.89. The third-order valence-electron chi connectivity index (χ3n) is 2.36. The second-order valence-corrected chi connectivity index (χ2v) is 5.27. The van der Waals surface area contributed by atoms with Crippen molar-refractivity contribution < 1.29 is 5.11 Å². The molecule has 2 aromatic rings. The highest BCUT2D eigenvalue weighted by atomic mass is 79.9. The second-order valence-electron chi connectivity index (χ2n) is 3.63. The van der Waals surface area contributed by atoms with Gasteiger partial charge in [0.2, 0.25) is 0 Å². The molecule has 0 amide bonds. The SMILES string of the molecule is Cc1cc(O)c(Br)c(-c2ccccc2Br)c1. The maximum absolute atomic E-state index is 9.77. The van der Waals surface area contributed by atoms with Crippen LogP contribution in [0.3, 0.4) is 0 Å². The molecule has 0 heterocycles. The van der Waals surface area contributed by atoms with Crippen LogP contribution in [0.15, 0.2) is 45.3 Å². The van der Waals surface area contributed by atoms with E-state index in [-0.39, 0.29) is 5.75 Å². The van der Waals surface area contributed by atoms with Crippen LogP contribution in [0.2, 0.25) is 0 Å². The van der Waals surface area contributed by atoms with E-state index in [2.05, 4.69) is 31.9 Å². The van der Waals surface area contributed by atoms with Crippen LogP contribution >= 0.6 is 31.9 Å². The van der Waals surface area contributed by atoms with Crippen molar-refractivity contribution in [1.29, 1.82) is 0 Å². The highest BCUT2D eigenvalue weighted by molar-refractivity contribution is 9.11. The normalized spacial score (nSPS) is 10.4. The van der Waals surface area contributed by atoms with Gasteiger partial charge in [-0.1, -0.05) is 34.1 Å². The summed E-state index contributed by atoms with van der Waals surface area (Å²) >= 11 is 6.93. The van der Waals surface area contributed by atoms with Gasteiger partial charge in [-0.05, 0) is 52.2 Å². The van der Waals surface area contributed by atoms with Crippen molar-refractivity contribution in [3.05, 3.63) is 50.9 Å². The molecule has 0 aliphatic heterocycles. The third-order valence-corrected chi connectivity index (χ3v) is 3.89. The second kappa shape index (κ2) is 4.60. The van der Waals surface area contributed by atoms with Crippen molar-refractivity contribution in [2.75, 3.05) is 0 Å². The molecule has 0 spiro atoms. The van der Waals surface area contributed by atoms with Crippen LogP contribution in [-0.2, 0) is 0 Å². The molecule has 0 aromatic heterocycles. The van der Waals surface area contributed by atoms with Gasteiger partial charge in [0.1, 0.15) is 5.75 Å². The van der Waals surface area contributed by atoms with Crippen molar-refractivity contribution in [1.82, 2.24) is 0 Å². The van der Waals surface area contributed by atoms with E-state index in [9.17, 15) is 5.11 Å². The summed E-state index contributed by atoms with van der Waals surface area (Å²) in [7, 11) is 0. The van der Waals surface area contributed by atoms with Crippen LogP contribution in [0.4, 0.5) is 0 Å². The Morgan fingerprint density at radius 2 is 1.69 bits per heavy atom. The van der Waals surface area contributed by atoms with Crippen molar-refractivity contribution in [3.63, 3.8) is 0 Å². The van der Waals surface area contributed by atoms with E-state index < -0.39 is 0 Å². The topological polar surface area (TPSA) is 20.2 Å². The van der Waals surface area contributed by atoms with E-state index in [0.29, 0.717) is 0 Å². The smallest absolute Gasteiger partial charge is 0.130 e. The fraction of sp³-hybridized carbons (Fsp3) is 0.0769. The maximum atomic E-state index is 9.77. The Morgan fingerprint density at radius 3 is 2.38 bits per heavy atom. The van der Waals surface area contributed by atoms with Crippen LogP contribution in [0.1, 0.15) is 5.56 Å². The molecule has 0 radical (unpaired) electrons. The molecule has 0 atom stereocenters. The Morgan fingerprint density at radius 1 is 1.00 bits per heavy atom. The molecule has 1 nitrogen and oxygen atoms in total. The number of hydrogen-bond acceptors (Lipinski definition) is 1. The number of aromatic hydroxyl groups is 1. The van der Waals surface area contributed by atoms with Crippen LogP contribution in [-0.4, -0.2) is 5.11 Å². The van der Waals surface area contributed by atoms with Crippen LogP contribution in [0, 0.1) is 6.92 Å². The Kier molecular flexibility index (Phi) is 3.36. The number of rotatable bonds is 1. The lowest BCUT2D eigenvalue weighted by Gasteiger charge is -2.09. The lowest BCUT2D eigenvalue weighted by atomic mass is 10.0. The Hall–Kier alpha value is -0.800. The molecule has 0 fully saturated rings. The van der Waals surface area contributed by atoms with Crippen LogP contribution in [0.5, 0.6) is 5.75 Å². The largest absolute Gasteiger partial charge is 0.507 e. The minimum atomic E-state index is 0.269. The average molecular weight is 342 g/mol. The van der Waals surface area contributed by atoms with Crippen LogP contribution < -0.4 is 0 Å². The summed E-state index contributed by atoms with van der Waals surface area (Å²) in [6.45, 7) is 1.96. The van der Waals surface area contributed by atoms with Gasteiger partial charge in [0.25, 0.3) is 0 Å². The van der Waals surface area contributed by atoms with Gasteiger partial charge in [-0.25, -0.2) is 0 Å². The molecule has 0 aliphatic carbocycles. The number of phenols is 1. The minimum Gasteiger partial charge on any atom is -0.507 e. The Balaban J connectivity index is 2.69. The van der Waals surface area contributed by atoms with Gasteiger partial charge in [0.05, 0.1) is 4.47 Å². The molecule has 0 bridgehead atoms. The Bertz CT molecular complexity index is 535. The van der Waals surface area contributed by atoms with Crippen molar-refractivity contribution in [2.24, 2.45) is 0 Å². The molecule has 2 rings (SSSR count). The van der Waals surface area contributed by atoms with Gasteiger partial charge >= 0.3 is 0 Å². The number of halogens is 2. The number of aryl methyl sites for hydroxylation is 1. The molecule has 0 aliphatic rings. The molecule has 0 unspecified atom stereocenters. The summed E-state index contributed by atoms with van der Waals surface area (Å²) in [6, 6.07) is 11.7. The van der Waals surface area contributed by atoms with E-state index in [1.807, 2.05) is 37.3 Å². The molecular formula is C13H10Br2O. The van der Waals surface area contributed by atoms with E-state index in [0.717, 1.165) is 25.6 Å².